The number of hydrogen-bond acceptors (Lipinski definition) is 7. The van der Waals surface area contributed by atoms with Crippen molar-refractivity contribution in [2.24, 2.45) is 0 Å². The molecule has 10 heteroatoms. The highest BCUT2D eigenvalue weighted by molar-refractivity contribution is 5.75. The average Bonchev–Trinajstić information content (AvgIpc) is 3.14. The van der Waals surface area contributed by atoms with Crippen LogP contribution in [0.25, 0.3) is 0 Å². The minimum atomic E-state index is 0.111. The second kappa shape index (κ2) is 6.26. The molecule has 1 saturated carbocycles. The molecule has 3 aliphatic rings. The first-order valence-electron chi connectivity index (χ1n) is 9.26. The van der Waals surface area contributed by atoms with Gasteiger partial charge in [0.05, 0.1) is 11.9 Å². The van der Waals surface area contributed by atoms with Crippen molar-refractivity contribution in [3.63, 3.8) is 0 Å². The molecule has 0 aromatic carbocycles. The summed E-state index contributed by atoms with van der Waals surface area (Å²) in [5.74, 6) is 1.59. The summed E-state index contributed by atoms with van der Waals surface area (Å²) in [6.07, 6.45) is 5.00. The number of urea groups is 1. The number of aromatic nitrogens is 5. The number of nitrogens with zero attached hydrogens (tertiary/aromatic N) is 7. The molecule has 2 aromatic heterocycles. The van der Waals surface area contributed by atoms with E-state index in [1.165, 1.54) is 0 Å². The van der Waals surface area contributed by atoms with Crippen LogP contribution in [0.15, 0.2) is 10.7 Å². The molecule has 1 unspecified atom stereocenters. The van der Waals surface area contributed by atoms with Gasteiger partial charge in [0.2, 0.25) is 0 Å². The van der Waals surface area contributed by atoms with Crippen molar-refractivity contribution in [1.29, 1.82) is 0 Å². The van der Waals surface area contributed by atoms with E-state index in [0.29, 0.717) is 31.6 Å². The summed E-state index contributed by atoms with van der Waals surface area (Å²) in [4.78, 5) is 23.2. The maximum absolute atomic E-state index is 12.8. The third-order valence-corrected chi connectivity index (χ3v) is 5.50. The molecule has 2 aromatic rings. The fraction of sp³-hybridized carbons (Fsp3) is 0.688. The second-order valence-electron chi connectivity index (χ2n) is 7.29. The van der Waals surface area contributed by atoms with Gasteiger partial charge in [0, 0.05) is 51.1 Å². The molecule has 0 bridgehead atoms. The van der Waals surface area contributed by atoms with Crippen molar-refractivity contribution in [2.75, 3.05) is 44.2 Å². The predicted octanol–water partition coefficient (Wildman–Crippen LogP) is 0.797. The highest BCUT2D eigenvalue weighted by Crippen LogP contribution is 2.38. The lowest BCUT2D eigenvalue weighted by Gasteiger charge is -2.35. The van der Waals surface area contributed by atoms with Crippen molar-refractivity contribution >= 4 is 12.0 Å². The van der Waals surface area contributed by atoms with Crippen molar-refractivity contribution in [3.8, 4) is 0 Å². The second-order valence-corrected chi connectivity index (χ2v) is 7.29. The number of hydrogen-bond donors (Lipinski definition) is 1. The fourth-order valence-corrected chi connectivity index (χ4v) is 3.73. The van der Waals surface area contributed by atoms with E-state index in [1.807, 2.05) is 9.80 Å². The van der Waals surface area contributed by atoms with Crippen LogP contribution in [0.3, 0.4) is 0 Å². The first kappa shape index (κ1) is 15.6. The first-order valence-corrected chi connectivity index (χ1v) is 9.26. The lowest BCUT2D eigenvalue weighted by Crippen LogP contribution is -2.52. The van der Waals surface area contributed by atoms with E-state index in [1.54, 1.807) is 6.20 Å². The van der Waals surface area contributed by atoms with Gasteiger partial charge in [-0.3, -0.25) is 0 Å². The van der Waals surface area contributed by atoms with Crippen LogP contribution < -0.4 is 4.90 Å². The Bertz CT molecular complexity index is 763. The molecule has 2 amide bonds. The minimum absolute atomic E-state index is 0.111. The highest BCUT2D eigenvalue weighted by Gasteiger charge is 2.34. The number of amides is 2. The molecule has 1 N–H and O–H groups in total. The Kier molecular flexibility index (Phi) is 3.75. The number of piperazine rings is 1. The number of H-pyrrole nitrogens is 1. The number of carbonyl (C=O) groups excluding carboxylic acids is 1. The van der Waals surface area contributed by atoms with E-state index in [0.717, 1.165) is 50.4 Å². The van der Waals surface area contributed by atoms with E-state index >= 15 is 0 Å². The Morgan fingerprint density at radius 1 is 1.08 bits per heavy atom. The molecule has 0 spiro atoms. The number of nitrogens with one attached hydrogen (secondary N) is 1. The van der Waals surface area contributed by atoms with Crippen LogP contribution in [0.1, 0.15) is 42.6 Å². The molecular weight excluding hydrogens is 336 g/mol. The maximum Gasteiger partial charge on any atom is 0.324 e. The van der Waals surface area contributed by atoms with Crippen LogP contribution >= 0.6 is 0 Å². The van der Waals surface area contributed by atoms with Crippen molar-refractivity contribution in [1.82, 2.24) is 35.4 Å². The van der Waals surface area contributed by atoms with Crippen molar-refractivity contribution < 1.29 is 9.32 Å². The first-order chi connectivity index (χ1) is 12.8. The zero-order valence-corrected chi connectivity index (χ0v) is 14.5. The van der Waals surface area contributed by atoms with Crippen molar-refractivity contribution in [2.45, 2.75) is 31.1 Å². The van der Waals surface area contributed by atoms with Gasteiger partial charge >= 0.3 is 12.0 Å². The van der Waals surface area contributed by atoms with E-state index in [4.69, 9.17) is 4.52 Å². The molecule has 2 aliphatic heterocycles. The Morgan fingerprint density at radius 2 is 1.92 bits per heavy atom. The van der Waals surface area contributed by atoms with Gasteiger partial charge in [-0.1, -0.05) is 5.16 Å². The average molecular weight is 358 g/mol. The molecule has 138 valence electrons. The van der Waals surface area contributed by atoms with Gasteiger partial charge in [-0.25, -0.2) is 4.79 Å². The molecule has 26 heavy (non-hydrogen) atoms. The lowest BCUT2D eigenvalue weighted by molar-refractivity contribution is 0.158. The van der Waals surface area contributed by atoms with Gasteiger partial charge in [-0.2, -0.15) is 20.4 Å². The fourth-order valence-electron chi connectivity index (χ4n) is 3.73. The molecule has 10 nitrogen and oxygen atoms in total. The van der Waals surface area contributed by atoms with E-state index < -0.39 is 0 Å². The third kappa shape index (κ3) is 2.89. The van der Waals surface area contributed by atoms with Crippen LogP contribution in [0.2, 0.25) is 0 Å². The van der Waals surface area contributed by atoms with Gasteiger partial charge in [-0.15, -0.1) is 0 Å². The summed E-state index contributed by atoms with van der Waals surface area (Å²) >= 11 is 0. The molecule has 1 atom stereocenters. The number of aromatic amines is 1. The van der Waals surface area contributed by atoms with E-state index in [2.05, 4.69) is 30.5 Å². The summed E-state index contributed by atoms with van der Waals surface area (Å²) in [5.41, 5.74) is 0.938. The van der Waals surface area contributed by atoms with Crippen LogP contribution in [0.4, 0.5) is 10.8 Å². The van der Waals surface area contributed by atoms with E-state index in [9.17, 15) is 4.79 Å². The summed E-state index contributed by atoms with van der Waals surface area (Å²) in [6.45, 7) is 4.26. The normalized spacial score (nSPS) is 23.7. The van der Waals surface area contributed by atoms with Crippen molar-refractivity contribution in [3.05, 3.63) is 17.7 Å². The summed E-state index contributed by atoms with van der Waals surface area (Å²) < 4.78 is 5.39. The number of carbonyl (C=O) groups is 1. The maximum atomic E-state index is 12.8. The molecule has 3 fully saturated rings. The standard InChI is InChI=1S/C16H22N8O2/c25-16(24-4-3-12(10-24)13-9-17-21-19-13)23-7-5-22(6-8-23)15-18-14(20-26-15)11-1-2-11/h9,11-12H,1-8,10H2,(H,17,19,21). The van der Waals surface area contributed by atoms with Gasteiger partial charge < -0.3 is 19.2 Å². The Labute approximate surface area is 150 Å². The van der Waals surface area contributed by atoms with Crippen LogP contribution in [0.5, 0.6) is 0 Å². The van der Waals surface area contributed by atoms with Gasteiger partial charge in [-0.05, 0) is 19.3 Å². The lowest BCUT2D eigenvalue weighted by atomic mass is 10.1. The summed E-state index contributed by atoms with van der Waals surface area (Å²) in [5, 5.41) is 14.7. The summed E-state index contributed by atoms with van der Waals surface area (Å²) in [6, 6.07) is 0.700. The smallest absolute Gasteiger partial charge is 0.324 e. The van der Waals surface area contributed by atoms with Gasteiger partial charge in [0.15, 0.2) is 5.82 Å². The monoisotopic (exact) mass is 358 g/mol. The number of likely N-dealkylation sites (tertiary alicyclic amines) is 1. The van der Waals surface area contributed by atoms with Gasteiger partial charge in [0.1, 0.15) is 0 Å². The van der Waals surface area contributed by atoms with Gasteiger partial charge in [0.25, 0.3) is 0 Å². The van der Waals surface area contributed by atoms with E-state index in [-0.39, 0.29) is 11.9 Å². The SMILES string of the molecule is O=C(N1CCN(c2nc(C3CC3)no2)CC1)N1CCC(c2cn[nH]n2)C1. The Hall–Kier alpha value is -2.65. The Morgan fingerprint density at radius 3 is 2.65 bits per heavy atom. The third-order valence-electron chi connectivity index (χ3n) is 5.50. The molecule has 5 rings (SSSR count). The predicted molar refractivity (Wildman–Crippen MR) is 90.8 cm³/mol. The highest BCUT2D eigenvalue weighted by atomic mass is 16.5. The largest absolute Gasteiger partial charge is 0.324 e. The molecule has 2 saturated heterocycles. The zero-order chi connectivity index (χ0) is 17.5. The molecule has 1 aliphatic carbocycles. The quantitative estimate of drug-likeness (QED) is 0.864. The minimum Gasteiger partial charge on any atom is -0.324 e. The summed E-state index contributed by atoms with van der Waals surface area (Å²) in [7, 11) is 0. The van der Waals surface area contributed by atoms with Crippen LogP contribution in [-0.4, -0.2) is 80.7 Å². The number of anilines is 1. The molecular formula is C16H22N8O2. The molecule has 0 radical (unpaired) electrons. The topological polar surface area (TPSA) is 107 Å². The van der Waals surface area contributed by atoms with Crippen LogP contribution in [-0.2, 0) is 0 Å². The Balaban J connectivity index is 1.15. The van der Waals surface area contributed by atoms with Crippen LogP contribution in [0, 0.1) is 0 Å². The zero-order valence-electron chi connectivity index (χ0n) is 14.5. The molecule has 4 heterocycles. The number of rotatable bonds is 3.